The lowest BCUT2D eigenvalue weighted by molar-refractivity contribution is 0.331. The molecule has 0 aromatic heterocycles. The molecular weight excluding hydrogens is 747 g/mol. The summed E-state index contributed by atoms with van der Waals surface area (Å²) in [4.78, 5) is 4.92. The number of hydrogen-bond donors (Lipinski definition) is 0. The Labute approximate surface area is 378 Å². The second-order valence-corrected chi connectivity index (χ2v) is 23.1. The van der Waals surface area contributed by atoms with Crippen LogP contribution in [0.5, 0.6) is 0 Å². The van der Waals surface area contributed by atoms with Crippen LogP contribution in [0.15, 0.2) is 103 Å². The van der Waals surface area contributed by atoms with E-state index in [9.17, 15) is 0 Å². The zero-order valence-corrected chi connectivity index (χ0v) is 39.6. The van der Waals surface area contributed by atoms with Gasteiger partial charge < -0.3 is 9.80 Å². The van der Waals surface area contributed by atoms with Gasteiger partial charge in [-0.1, -0.05) is 143 Å². The van der Waals surface area contributed by atoms with Crippen molar-refractivity contribution >= 4 is 57.2 Å². The maximum atomic E-state index is 9.12. The second kappa shape index (κ2) is 13.5. The van der Waals surface area contributed by atoms with Gasteiger partial charge in [-0.2, -0.15) is 0 Å². The first-order valence-corrected chi connectivity index (χ1v) is 23.2. The Bertz CT molecular complexity index is 2950. The minimum Gasteiger partial charge on any atom is -0.311 e. The lowest BCUT2D eigenvalue weighted by Gasteiger charge is -2.48. The smallest absolute Gasteiger partial charge is 0.252 e. The van der Waals surface area contributed by atoms with Gasteiger partial charge in [-0.25, -0.2) is 0 Å². The van der Waals surface area contributed by atoms with E-state index in [1.165, 1.54) is 55.4 Å². The van der Waals surface area contributed by atoms with E-state index in [0.717, 1.165) is 70.8 Å². The number of aryl methyl sites for hydroxylation is 3. The molecule has 0 unspecified atom stereocenters. The number of anilines is 6. The highest BCUT2D eigenvalue weighted by molar-refractivity contribution is 7.00. The van der Waals surface area contributed by atoms with Crippen molar-refractivity contribution in [2.75, 3.05) is 9.80 Å². The van der Waals surface area contributed by atoms with E-state index in [-0.39, 0.29) is 33.8 Å². The fraction of sp³-hybridized carbons (Fsp3) is 0.390. The van der Waals surface area contributed by atoms with Crippen LogP contribution in [0.25, 0.3) is 11.1 Å². The van der Waals surface area contributed by atoms with Crippen LogP contribution >= 0.6 is 0 Å². The highest BCUT2D eigenvalue weighted by Gasteiger charge is 2.47. The third-order valence-electron chi connectivity index (χ3n) is 15.9. The predicted octanol–water partition coefficient (Wildman–Crippen LogP) is 14.4. The Morgan fingerprint density at radius 1 is 0.484 bits per heavy atom. The van der Waals surface area contributed by atoms with E-state index in [0.29, 0.717) is 5.56 Å². The van der Waals surface area contributed by atoms with E-state index in [2.05, 4.69) is 191 Å². The molecule has 0 radical (unpaired) electrons. The van der Waals surface area contributed by atoms with Gasteiger partial charge in [0.1, 0.15) is 0 Å². The molecule has 6 aromatic carbocycles. The molecule has 2 aliphatic heterocycles. The lowest BCUT2D eigenvalue weighted by Crippen LogP contribution is -2.62. The molecule has 0 atom stereocenters. The lowest BCUT2D eigenvalue weighted by atomic mass is 9.33. The van der Waals surface area contributed by atoms with Crippen molar-refractivity contribution in [3.8, 4) is 11.1 Å². The highest BCUT2D eigenvalue weighted by Crippen LogP contribution is 2.53. The molecule has 0 amide bonds. The Hall–Kier alpha value is -5.02. The van der Waals surface area contributed by atoms with Crippen LogP contribution in [-0.2, 0) is 27.1 Å². The average Bonchev–Trinajstić information content (AvgIpc) is 3.23. The largest absolute Gasteiger partial charge is 0.311 e. The Balaban J connectivity index is 1.38. The summed E-state index contributed by atoms with van der Waals surface area (Å²) in [5, 5.41) is 0. The zero-order chi connectivity index (χ0) is 46.6. The van der Waals surface area contributed by atoms with Gasteiger partial charge in [-0.3, -0.25) is 0 Å². The molecule has 0 fully saturated rings. The highest BCUT2D eigenvalue weighted by atomic mass is 15.2. The minimum atomic E-state index is -2.35. The standard InChI is InChI=1S/C59H67BN2/c1-36-28-52-54-53(29-36)62(50-34-44-42(30-38(50)3)56(7,8)24-26-58(44,11)12)51-35-45-43(57(9,10)25-27-59(45,13)14)33-47(51)60(54)46-31-40(39-18-16-15-17-19-39)21-23-48(46)61(52)49-32-41(55(4,5)6)22-20-37(49)2/h15-23,28-35H,24-27H2,1-14H3/i1D3. The van der Waals surface area contributed by atoms with Gasteiger partial charge in [0.25, 0.3) is 6.71 Å². The second-order valence-electron chi connectivity index (χ2n) is 23.1. The van der Waals surface area contributed by atoms with E-state index in [4.69, 9.17) is 4.11 Å². The number of hydrogen-bond acceptors (Lipinski definition) is 2. The van der Waals surface area contributed by atoms with Crippen LogP contribution in [0.1, 0.15) is 150 Å². The molecule has 6 aromatic rings. The molecule has 0 saturated carbocycles. The summed E-state index contributed by atoms with van der Waals surface area (Å²) in [5.74, 6) is 0. The summed E-state index contributed by atoms with van der Waals surface area (Å²) in [6.45, 7) is 28.1. The fourth-order valence-corrected chi connectivity index (χ4v) is 11.7. The van der Waals surface area contributed by atoms with Crippen molar-refractivity contribution < 1.29 is 4.11 Å². The third-order valence-corrected chi connectivity index (χ3v) is 15.9. The monoisotopic (exact) mass is 818 g/mol. The molecule has 62 heavy (non-hydrogen) atoms. The molecule has 0 N–H and O–H groups in total. The normalized spacial score (nSPS) is 19.6. The Morgan fingerprint density at radius 2 is 1.00 bits per heavy atom. The van der Waals surface area contributed by atoms with E-state index < -0.39 is 6.85 Å². The van der Waals surface area contributed by atoms with Crippen LogP contribution in [-0.4, -0.2) is 6.71 Å². The summed E-state index contributed by atoms with van der Waals surface area (Å²) < 4.78 is 27.4. The molecule has 0 spiro atoms. The number of nitrogens with zero attached hydrogens (tertiary/aromatic N) is 2. The molecule has 0 saturated heterocycles. The minimum absolute atomic E-state index is 0.0177. The third kappa shape index (κ3) is 6.18. The number of benzene rings is 6. The van der Waals surface area contributed by atoms with Crippen molar-refractivity contribution in [2.24, 2.45) is 0 Å². The predicted molar refractivity (Wildman–Crippen MR) is 269 cm³/mol. The van der Waals surface area contributed by atoms with Gasteiger partial charge >= 0.3 is 0 Å². The average molecular weight is 818 g/mol. The molecule has 2 heterocycles. The van der Waals surface area contributed by atoms with Crippen LogP contribution in [0, 0.1) is 20.7 Å². The van der Waals surface area contributed by atoms with E-state index in [1.807, 2.05) is 12.1 Å². The molecular formula is C59H67BN2. The molecule has 4 aliphatic rings. The zero-order valence-electron chi connectivity index (χ0n) is 42.6. The van der Waals surface area contributed by atoms with Crippen molar-refractivity contribution in [1.82, 2.24) is 0 Å². The summed E-state index contributed by atoms with van der Waals surface area (Å²) >= 11 is 0. The van der Waals surface area contributed by atoms with E-state index in [1.54, 1.807) is 0 Å². The van der Waals surface area contributed by atoms with Gasteiger partial charge in [0.15, 0.2) is 0 Å². The van der Waals surface area contributed by atoms with Crippen LogP contribution in [0.4, 0.5) is 34.1 Å². The first kappa shape index (κ1) is 37.5. The number of fused-ring (bicyclic) bond motifs is 6. The first-order chi connectivity index (χ1) is 30.3. The van der Waals surface area contributed by atoms with Crippen molar-refractivity contribution in [3.63, 3.8) is 0 Å². The summed E-state index contributed by atoms with van der Waals surface area (Å²) in [5.41, 5.74) is 21.9. The molecule has 2 aliphatic carbocycles. The van der Waals surface area contributed by atoms with Crippen LogP contribution in [0.2, 0.25) is 0 Å². The fourth-order valence-electron chi connectivity index (χ4n) is 11.7. The van der Waals surface area contributed by atoms with E-state index >= 15 is 0 Å². The molecule has 0 bridgehead atoms. The summed E-state index contributed by atoms with van der Waals surface area (Å²) in [6.07, 6.45) is 4.47. The molecule has 316 valence electrons. The summed E-state index contributed by atoms with van der Waals surface area (Å²) in [6, 6.07) is 38.8. The SMILES string of the molecule is [2H]C([2H])([2H])c1cc2c3c(c1)N(c1cc4c(cc1C)C(C)(C)CCC4(C)C)c1cc4c(cc1B3c1cc(-c3ccccc3)ccc1N2c1cc(C(C)(C)C)ccc1C)C(C)(C)CCC4(C)C. The summed E-state index contributed by atoms with van der Waals surface area (Å²) in [7, 11) is 0. The molecule has 10 rings (SSSR count). The maximum Gasteiger partial charge on any atom is 0.252 e. The topological polar surface area (TPSA) is 6.48 Å². The quantitative estimate of drug-likeness (QED) is 0.164. The van der Waals surface area contributed by atoms with Crippen LogP contribution in [0.3, 0.4) is 0 Å². The Morgan fingerprint density at radius 3 is 1.58 bits per heavy atom. The van der Waals surface area contributed by atoms with Gasteiger partial charge in [0.2, 0.25) is 0 Å². The number of rotatable bonds is 3. The van der Waals surface area contributed by atoms with Gasteiger partial charge in [0, 0.05) is 38.2 Å². The van der Waals surface area contributed by atoms with Gasteiger partial charge in [-0.05, 0) is 182 Å². The molecule has 3 heteroatoms. The molecule has 2 nitrogen and oxygen atoms in total. The van der Waals surface area contributed by atoms with Crippen molar-refractivity contribution in [2.45, 2.75) is 150 Å². The van der Waals surface area contributed by atoms with Gasteiger partial charge in [-0.15, -0.1) is 0 Å². The van der Waals surface area contributed by atoms with Gasteiger partial charge in [0.05, 0.1) is 0 Å². The first-order valence-electron chi connectivity index (χ1n) is 24.7. The maximum absolute atomic E-state index is 9.12. The van der Waals surface area contributed by atoms with Crippen molar-refractivity contribution in [3.05, 3.63) is 148 Å². The van der Waals surface area contributed by atoms with Crippen molar-refractivity contribution in [1.29, 1.82) is 0 Å². The van der Waals surface area contributed by atoms with Crippen LogP contribution < -0.4 is 26.2 Å². The Kier molecular flexibility index (Phi) is 8.17.